The van der Waals surface area contributed by atoms with Gasteiger partial charge in [0.2, 0.25) is 0 Å². The van der Waals surface area contributed by atoms with Crippen molar-refractivity contribution in [2.75, 3.05) is 41.5 Å². The predicted molar refractivity (Wildman–Crippen MR) is 95.1 cm³/mol. The lowest BCUT2D eigenvalue weighted by Gasteiger charge is -2.31. The average Bonchev–Trinajstić information content (AvgIpc) is 2.94. The van der Waals surface area contributed by atoms with Gasteiger partial charge < -0.3 is 18.7 Å². The van der Waals surface area contributed by atoms with Crippen molar-refractivity contribution >= 4 is 29.1 Å². The van der Waals surface area contributed by atoms with E-state index in [4.69, 9.17) is 14.2 Å². The third kappa shape index (κ3) is 6.03. The molecule has 1 unspecified atom stereocenters. The number of quaternary nitrogens is 1. The van der Waals surface area contributed by atoms with E-state index in [0.29, 0.717) is 21.9 Å². The van der Waals surface area contributed by atoms with Crippen LogP contribution in [0.2, 0.25) is 0 Å². The Morgan fingerprint density at radius 1 is 1.19 bits per heavy atom. The van der Waals surface area contributed by atoms with Crippen LogP contribution in [0.3, 0.4) is 0 Å². The Balaban J connectivity index is 3.16. The Hall–Kier alpha value is -2.07. The maximum atomic E-state index is 12.1. The second-order valence-corrected chi connectivity index (χ2v) is 7.13. The summed E-state index contributed by atoms with van der Waals surface area (Å²) in [5.41, 5.74) is 0.466. The standard InChI is InChI=1S/C16H26N3O6S/c1-7-24-15(21)18-10-11(17-14(18)26-16(22)25-8-2)9-12(13(20)23-6)19(3,4)5/h10,12H,7-9H2,1-6H3/q+1. The Morgan fingerprint density at radius 2 is 1.81 bits per heavy atom. The summed E-state index contributed by atoms with van der Waals surface area (Å²) < 4.78 is 16.2. The average molecular weight is 388 g/mol. The van der Waals surface area contributed by atoms with E-state index < -0.39 is 17.4 Å². The number of hydrogen-bond acceptors (Lipinski definition) is 8. The molecule has 0 radical (unpaired) electrons. The third-order valence-electron chi connectivity index (χ3n) is 3.44. The summed E-state index contributed by atoms with van der Waals surface area (Å²) in [6.07, 6.45) is 1.04. The van der Waals surface area contributed by atoms with Gasteiger partial charge in [-0.15, -0.1) is 0 Å². The lowest BCUT2D eigenvalue weighted by Crippen LogP contribution is -2.51. The molecule has 1 aromatic heterocycles. The van der Waals surface area contributed by atoms with Crippen LogP contribution in [0.25, 0.3) is 0 Å². The zero-order valence-electron chi connectivity index (χ0n) is 16.0. The summed E-state index contributed by atoms with van der Waals surface area (Å²) in [5, 5.41) is -0.451. The van der Waals surface area contributed by atoms with Crippen molar-refractivity contribution in [2.24, 2.45) is 0 Å². The maximum absolute atomic E-state index is 12.1. The van der Waals surface area contributed by atoms with E-state index >= 15 is 0 Å². The molecule has 0 fully saturated rings. The molecule has 1 aromatic rings. The van der Waals surface area contributed by atoms with Crippen LogP contribution >= 0.6 is 11.8 Å². The number of aromatic nitrogens is 2. The van der Waals surface area contributed by atoms with Crippen molar-refractivity contribution in [3.63, 3.8) is 0 Å². The number of nitrogens with zero attached hydrogens (tertiary/aromatic N) is 3. The number of carbonyl (C=O) groups is 3. The Labute approximate surface area is 157 Å². The fourth-order valence-electron chi connectivity index (χ4n) is 2.13. The molecule has 9 nitrogen and oxygen atoms in total. The van der Waals surface area contributed by atoms with Crippen molar-refractivity contribution in [3.8, 4) is 0 Å². The predicted octanol–water partition coefficient (Wildman–Crippen LogP) is 1.93. The molecular weight excluding hydrogens is 362 g/mol. The minimum Gasteiger partial charge on any atom is -0.465 e. The highest BCUT2D eigenvalue weighted by Crippen LogP contribution is 2.22. The van der Waals surface area contributed by atoms with Gasteiger partial charge in [0.1, 0.15) is 0 Å². The first-order valence-corrected chi connectivity index (χ1v) is 8.94. The fraction of sp³-hybridized carbons (Fsp3) is 0.625. The quantitative estimate of drug-likeness (QED) is 0.302. The summed E-state index contributed by atoms with van der Waals surface area (Å²) in [4.78, 5) is 40.3. The van der Waals surface area contributed by atoms with Gasteiger partial charge in [0.15, 0.2) is 11.2 Å². The lowest BCUT2D eigenvalue weighted by molar-refractivity contribution is -0.887. The molecule has 0 N–H and O–H groups in total. The summed E-state index contributed by atoms with van der Waals surface area (Å²) in [6.45, 7) is 3.76. The van der Waals surface area contributed by atoms with Gasteiger partial charge in [-0.2, -0.15) is 0 Å². The number of likely N-dealkylation sites (N-methyl/N-ethyl adjacent to an activating group) is 1. The molecular formula is C16H26N3O6S+. The van der Waals surface area contributed by atoms with Gasteiger partial charge in [-0.1, -0.05) is 0 Å². The number of ether oxygens (including phenoxy) is 3. The van der Waals surface area contributed by atoms with E-state index in [2.05, 4.69) is 4.98 Å². The van der Waals surface area contributed by atoms with Crippen LogP contribution in [0.15, 0.2) is 11.4 Å². The van der Waals surface area contributed by atoms with Crippen LogP contribution in [0.4, 0.5) is 9.59 Å². The minimum atomic E-state index is -0.655. The van der Waals surface area contributed by atoms with Gasteiger partial charge in [-0.25, -0.2) is 23.9 Å². The van der Waals surface area contributed by atoms with Gasteiger partial charge in [-0.3, -0.25) is 0 Å². The fourth-order valence-corrected chi connectivity index (χ4v) is 2.85. The van der Waals surface area contributed by atoms with Gasteiger partial charge in [0.25, 0.3) is 0 Å². The number of hydrogen-bond donors (Lipinski definition) is 0. The summed E-state index contributed by atoms with van der Waals surface area (Å²) in [6, 6.07) is -0.522. The van der Waals surface area contributed by atoms with Crippen molar-refractivity contribution in [1.29, 1.82) is 0 Å². The molecule has 1 heterocycles. The van der Waals surface area contributed by atoms with E-state index in [9.17, 15) is 14.4 Å². The monoisotopic (exact) mass is 388 g/mol. The minimum absolute atomic E-state index is 0.127. The second kappa shape index (κ2) is 9.58. The molecule has 0 aliphatic rings. The first kappa shape index (κ1) is 22.0. The van der Waals surface area contributed by atoms with Crippen molar-refractivity contribution in [3.05, 3.63) is 11.9 Å². The first-order chi connectivity index (χ1) is 12.1. The molecule has 10 heteroatoms. The molecule has 0 saturated heterocycles. The van der Waals surface area contributed by atoms with Crippen LogP contribution in [0.1, 0.15) is 19.5 Å². The number of carbonyl (C=O) groups excluding carboxylic acids is 3. The number of imidazole rings is 1. The van der Waals surface area contributed by atoms with Gasteiger partial charge in [0, 0.05) is 18.0 Å². The summed E-state index contributed by atoms with van der Waals surface area (Å²) in [7, 11) is 6.90. The lowest BCUT2D eigenvalue weighted by atomic mass is 10.1. The van der Waals surface area contributed by atoms with E-state index in [-0.39, 0.29) is 30.8 Å². The molecule has 0 aromatic carbocycles. The number of esters is 1. The van der Waals surface area contributed by atoms with Crippen molar-refractivity contribution in [2.45, 2.75) is 31.5 Å². The van der Waals surface area contributed by atoms with Gasteiger partial charge in [-0.05, 0) is 13.8 Å². The highest BCUT2D eigenvalue weighted by molar-refractivity contribution is 8.13. The highest BCUT2D eigenvalue weighted by atomic mass is 32.2. The largest absolute Gasteiger partial charge is 0.465 e. The SMILES string of the molecule is CCOC(=O)Sc1nc(CC(C(=O)OC)[N+](C)(C)C)cn1C(=O)OCC. The molecule has 0 saturated carbocycles. The normalized spacial score (nSPS) is 12.4. The smallest absolute Gasteiger partial charge is 0.420 e. The van der Waals surface area contributed by atoms with E-state index in [1.807, 2.05) is 21.1 Å². The Bertz CT molecular complexity index is 653. The molecule has 0 bridgehead atoms. The van der Waals surface area contributed by atoms with Crippen LogP contribution < -0.4 is 0 Å². The van der Waals surface area contributed by atoms with Crippen LogP contribution in [-0.2, 0) is 25.4 Å². The van der Waals surface area contributed by atoms with Crippen LogP contribution in [0, 0.1) is 0 Å². The number of methoxy groups -OCH3 is 1. The van der Waals surface area contributed by atoms with Gasteiger partial charge >= 0.3 is 17.4 Å². The molecule has 0 amide bonds. The summed E-state index contributed by atoms with van der Waals surface area (Å²) >= 11 is 0.687. The molecule has 146 valence electrons. The van der Waals surface area contributed by atoms with E-state index in [0.717, 1.165) is 4.57 Å². The third-order valence-corrected chi connectivity index (χ3v) is 4.19. The van der Waals surface area contributed by atoms with E-state index in [1.165, 1.54) is 13.3 Å². The topological polar surface area (TPSA) is 96.7 Å². The zero-order valence-corrected chi connectivity index (χ0v) is 16.8. The van der Waals surface area contributed by atoms with Crippen molar-refractivity contribution < 1.29 is 33.1 Å². The van der Waals surface area contributed by atoms with Crippen LogP contribution in [-0.4, -0.2) is 78.9 Å². The van der Waals surface area contributed by atoms with Crippen molar-refractivity contribution in [1.82, 2.24) is 9.55 Å². The molecule has 1 rings (SSSR count). The van der Waals surface area contributed by atoms with E-state index in [1.54, 1.807) is 13.8 Å². The molecule has 0 aliphatic carbocycles. The Kier molecular flexibility index (Phi) is 8.09. The van der Waals surface area contributed by atoms with Crippen LogP contribution in [0.5, 0.6) is 0 Å². The zero-order chi connectivity index (χ0) is 19.9. The second-order valence-electron chi connectivity index (χ2n) is 6.23. The molecule has 26 heavy (non-hydrogen) atoms. The maximum Gasteiger partial charge on any atom is 0.420 e. The molecule has 0 aliphatic heterocycles. The first-order valence-electron chi connectivity index (χ1n) is 8.12. The summed E-state index contributed by atoms with van der Waals surface area (Å²) in [5.74, 6) is -0.386. The Morgan fingerprint density at radius 3 is 2.31 bits per heavy atom. The highest BCUT2D eigenvalue weighted by Gasteiger charge is 2.34. The molecule has 1 atom stereocenters. The number of rotatable bonds is 7. The molecule has 0 spiro atoms. The van der Waals surface area contributed by atoms with Gasteiger partial charge in [0.05, 0.1) is 53.6 Å². The number of thioether (sulfide) groups is 1.